The number of aromatic nitrogens is 2. The van der Waals surface area contributed by atoms with Gasteiger partial charge >= 0.3 is 0 Å². The Hall–Kier alpha value is -3.85. The molecule has 1 unspecified atom stereocenters. The quantitative estimate of drug-likeness (QED) is 0.442. The second-order valence-corrected chi connectivity index (χ2v) is 10.7. The van der Waals surface area contributed by atoms with Crippen LogP contribution in [0.25, 0.3) is 16.5 Å². The lowest BCUT2D eigenvalue weighted by molar-refractivity contribution is -0.242. The normalized spacial score (nSPS) is 20.5. The minimum atomic E-state index is -0.247. The Labute approximate surface area is 214 Å². The number of furan rings is 1. The molecule has 2 aliphatic heterocycles. The molecule has 2 fully saturated rings. The molecule has 1 atom stereocenters. The summed E-state index contributed by atoms with van der Waals surface area (Å²) in [6, 6.07) is 7.16. The van der Waals surface area contributed by atoms with Gasteiger partial charge < -0.3 is 24.1 Å². The summed E-state index contributed by atoms with van der Waals surface area (Å²) in [4.78, 5) is 27.7. The summed E-state index contributed by atoms with van der Waals surface area (Å²) in [7, 11) is 1.59. The van der Waals surface area contributed by atoms with Crippen molar-refractivity contribution in [2.75, 3.05) is 26.7 Å². The van der Waals surface area contributed by atoms with E-state index in [9.17, 15) is 9.59 Å². The molecule has 192 valence electrons. The number of carbonyl (C=O) groups excluding carboxylic acids is 2. The van der Waals surface area contributed by atoms with Crippen LogP contribution in [-0.4, -0.2) is 58.7 Å². The first-order valence-corrected chi connectivity index (χ1v) is 12.5. The Morgan fingerprint density at radius 1 is 1.19 bits per heavy atom. The van der Waals surface area contributed by atoms with Gasteiger partial charge in [0.2, 0.25) is 0 Å². The van der Waals surface area contributed by atoms with Crippen molar-refractivity contribution in [2.45, 2.75) is 39.7 Å². The number of fused-ring (bicyclic) bond motifs is 2. The fourth-order valence-corrected chi connectivity index (χ4v) is 5.68. The van der Waals surface area contributed by atoms with E-state index in [1.165, 1.54) is 0 Å². The summed E-state index contributed by atoms with van der Waals surface area (Å²) in [5.74, 6) is 1.45. The van der Waals surface area contributed by atoms with Gasteiger partial charge in [0, 0.05) is 42.7 Å². The van der Waals surface area contributed by atoms with Gasteiger partial charge in [-0.3, -0.25) is 9.59 Å². The summed E-state index contributed by atoms with van der Waals surface area (Å²) in [5, 5.41) is 7.80. The first-order chi connectivity index (χ1) is 17.6. The topological polar surface area (TPSA) is 98.3 Å². The maximum Gasteiger partial charge on any atom is 0.255 e. The van der Waals surface area contributed by atoms with Gasteiger partial charge in [0.15, 0.2) is 5.75 Å². The second-order valence-electron chi connectivity index (χ2n) is 10.7. The van der Waals surface area contributed by atoms with Crippen molar-refractivity contribution >= 4 is 28.3 Å². The lowest BCUT2D eigenvalue weighted by Crippen LogP contribution is -2.61. The SMILES string of the molecule is CNC(=O)c1c(C)oc2cc(Oc3ccnn4cc(C(=O)N5CCC6(C5)OCC6(C)C)c(C)c34)ccc12. The van der Waals surface area contributed by atoms with Crippen molar-refractivity contribution in [3.63, 3.8) is 0 Å². The second kappa shape index (κ2) is 8.08. The van der Waals surface area contributed by atoms with Crippen LogP contribution in [0.1, 0.15) is 52.3 Å². The number of hydrogen-bond acceptors (Lipinski definition) is 6. The molecule has 4 aromatic rings. The fraction of sp³-hybridized carbons (Fsp3) is 0.393. The highest BCUT2D eigenvalue weighted by atomic mass is 16.5. The van der Waals surface area contributed by atoms with Gasteiger partial charge in [-0.2, -0.15) is 5.10 Å². The third kappa shape index (κ3) is 3.44. The van der Waals surface area contributed by atoms with Gasteiger partial charge in [-0.15, -0.1) is 0 Å². The highest BCUT2D eigenvalue weighted by Gasteiger charge is 2.58. The smallest absolute Gasteiger partial charge is 0.255 e. The van der Waals surface area contributed by atoms with Gasteiger partial charge in [-0.05, 0) is 38.0 Å². The number of aryl methyl sites for hydroxylation is 2. The number of ether oxygens (including phenoxy) is 2. The monoisotopic (exact) mass is 502 g/mol. The molecule has 1 N–H and O–H groups in total. The summed E-state index contributed by atoms with van der Waals surface area (Å²) < 4.78 is 19.8. The number of amides is 2. The Morgan fingerprint density at radius 3 is 2.68 bits per heavy atom. The van der Waals surface area contributed by atoms with Crippen molar-refractivity contribution in [3.05, 3.63) is 59.1 Å². The Morgan fingerprint density at radius 2 is 2.00 bits per heavy atom. The third-order valence-corrected chi connectivity index (χ3v) is 8.10. The van der Waals surface area contributed by atoms with E-state index in [2.05, 4.69) is 24.3 Å². The van der Waals surface area contributed by atoms with Crippen LogP contribution in [-0.2, 0) is 4.74 Å². The highest BCUT2D eigenvalue weighted by molar-refractivity contribution is 6.07. The zero-order valence-electron chi connectivity index (χ0n) is 21.7. The molecule has 0 saturated carbocycles. The van der Waals surface area contributed by atoms with E-state index in [0.29, 0.717) is 47.1 Å². The number of rotatable bonds is 4. The molecule has 2 saturated heterocycles. The summed E-state index contributed by atoms with van der Waals surface area (Å²) in [6.07, 6.45) is 4.26. The molecule has 0 aliphatic carbocycles. The number of carbonyl (C=O) groups is 2. The van der Waals surface area contributed by atoms with Gasteiger partial charge in [0.25, 0.3) is 11.8 Å². The molecule has 1 aromatic carbocycles. The maximum atomic E-state index is 13.5. The number of benzene rings is 1. The first kappa shape index (κ1) is 23.5. The minimum absolute atomic E-state index is 0.0219. The first-order valence-electron chi connectivity index (χ1n) is 12.5. The Balaban J connectivity index is 1.31. The molecule has 37 heavy (non-hydrogen) atoms. The van der Waals surface area contributed by atoms with Crippen molar-refractivity contribution in [1.82, 2.24) is 19.8 Å². The molecule has 2 aliphatic rings. The molecule has 1 spiro atoms. The van der Waals surface area contributed by atoms with Crippen molar-refractivity contribution < 1.29 is 23.5 Å². The molecule has 6 rings (SSSR count). The number of nitrogens with zero attached hydrogens (tertiary/aromatic N) is 3. The molecular weight excluding hydrogens is 472 g/mol. The van der Waals surface area contributed by atoms with E-state index in [0.717, 1.165) is 29.5 Å². The zero-order valence-corrected chi connectivity index (χ0v) is 21.7. The van der Waals surface area contributed by atoms with Gasteiger partial charge in [0.05, 0.1) is 36.1 Å². The van der Waals surface area contributed by atoms with Crippen LogP contribution < -0.4 is 10.1 Å². The summed E-state index contributed by atoms with van der Waals surface area (Å²) in [6.45, 7) is 10.1. The van der Waals surface area contributed by atoms with E-state index < -0.39 is 0 Å². The average molecular weight is 503 g/mol. The molecule has 9 heteroatoms. The van der Waals surface area contributed by atoms with E-state index >= 15 is 0 Å². The molecular formula is C28H30N4O5. The van der Waals surface area contributed by atoms with Crippen molar-refractivity contribution in [3.8, 4) is 11.5 Å². The standard InChI is InChI=1S/C28H30N4O5/c1-16-20(26(34)31-11-9-28(14-31)27(3,4)15-35-28)13-32-24(16)21(8-10-30-32)37-18-6-7-19-22(12-18)36-17(2)23(19)25(33)29-5/h6-8,10,12-13H,9,11,14-15H2,1-5H3,(H,29,33). The van der Waals surface area contributed by atoms with Crippen LogP contribution >= 0.6 is 0 Å². The predicted molar refractivity (Wildman–Crippen MR) is 137 cm³/mol. The molecule has 2 amide bonds. The van der Waals surface area contributed by atoms with Crippen molar-refractivity contribution in [2.24, 2.45) is 5.41 Å². The highest BCUT2D eigenvalue weighted by Crippen LogP contribution is 2.50. The molecule has 9 nitrogen and oxygen atoms in total. The minimum Gasteiger partial charge on any atom is -0.460 e. The van der Waals surface area contributed by atoms with E-state index in [-0.39, 0.29) is 22.8 Å². The Kier molecular flexibility index (Phi) is 5.14. The number of hydrogen-bond donors (Lipinski definition) is 1. The maximum absolute atomic E-state index is 13.5. The summed E-state index contributed by atoms with van der Waals surface area (Å²) in [5.41, 5.74) is 3.03. The molecule has 0 radical (unpaired) electrons. The number of nitrogens with one attached hydrogen (secondary N) is 1. The van der Waals surface area contributed by atoms with Crippen LogP contribution in [0.15, 0.2) is 41.1 Å². The Bertz CT molecular complexity index is 1580. The fourth-order valence-electron chi connectivity index (χ4n) is 5.68. The van der Waals surface area contributed by atoms with Crippen molar-refractivity contribution in [1.29, 1.82) is 0 Å². The van der Waals surface area contributed by atoms with Crippen LogP contribution in [0.2, 0.25) is 0 Å². The van der Waals surface area contributed by atoms with E-state index in [1.54, 1.807) is 49.1 Å². The lowest BCUT2D eigenvalue weighted by atomic mass is 9.70. The van der Waals surface area contributed by atoms with Crippen LogP contribution in [0.5, 0.6) is 11.5 Å². The zero-order chi connectivity index (χ0) is 26.1. The largest absolute Gasteiger partial charge is 0.460 e. The molecule has 0 bridgehead atoms. The predicted octanol–water partition coefficient (Wildman–Crippen LogP) is 4.49. The van der Waals surface area contributed by atoms with E-state index in [4.69, 9.17) is 13.9 Å². The van der Waals surface area contributed by atoms with Gasteiger partial charge in [0.1, 0.15) is 22.6 Å². The number of likely N-dealkylation sites (tertiary alicyclic amines) is 1. The van der Waals surface area contributed by atoms with Crippen LogP contribution in [0.3, 0.4) is 0 Å². The average Bonchev–Trinajstić information content (AvgIpc) is 3.57. The third-order valence-electron chi connectivity index (χ3n) is 8.10. The molecule has 5 heterocycles. The van der Waals surface area contributed by atoms with Gasteiger partial charge in [-0.1, -0.05) is 13.8 Å². The van der Waals surface area contributed by atoms with Crippen LogP contribution in [0.4, 0.5) is 0 Å². The van der Waals surface area contributed by atoms with Crippen LogP contribution in [0, 0.1) is 19.3 Å². The van der Waals surface area contributed by atoms with Gasteiger partial charge in [-0.25, -0.2) is 4.52 Å². The molecule has 3 aromatic heterocycles. The lowest BCUT2D eigenvalue weighted by Gasteiger charge is -2.53. The van der Waals surface area contributed by atoms with E-state index in [1.807, 2.05) is 17.9 Å². The summed E-state index contributed by atoms with van der Waals surface area (Å²) >= 11 is 0.